The zero-order valence-corrected chi connectivity index (χ0v) is 18.1. The van der Waals surface area contributed by atoms with E-state index in [2.05, 4.69) is 0 Å². The Morgan fingerprint density at radius 3 is 2.09 bits per heavy atom. The van der Waals surface area contributed by atoms with Crippen LogP contribution in [-0.2, 0) is 10.0 Å². The molecule has 2 aromatic carbocycles. The molecule has 0 unspecified atom stereocenters. The van der Waals surface area contributed by atoms with Gasteiger partial charge < -0.3 is 9.32 Å². The molecule has 1 saturated heterocycles. The van der Waals surface area contributed by atoms with Gasteiger partial charge in [-0.2, -0.15) is 4.31 Å². The fraction of sp³-hybridized carbons (Fsp3) is 0.217. The van der Waals surface area contributed by atoms with Gasteiger partial charge in [0.15, 0.2) is 11.5 Å². The maximum absolute atomic E-state index is 13.1. The molecule has 0 N–H and O–H groups in total. The molecule has 7 nitrogen and oxygen atoms in total. The van der Waals surface area contributed by atoms with Gasteiger partial charge in [-0.1, -0.05) is 12.1 Å². The van der Waals surface area contributed by atoms with E-state index in [1.807, 2.05) is 0 Å². The molecule has 1 amide bonds. The smallest absolute Gasteiger partial charge is 0.289 e. The summed E-state index contributed by atoms with van der Waals surface area (Å²) >= 11 is 0. The van der Waals surface area contributed by atoms with E-state index in [0.29, 0.717) is 16.9 Å². The molecule has 1 aliphatic rings. The highest BCUT2D eigenvalue weighted by Gasteiger charge is 2.31. The summed E-state index contributed by atoms with van der Waals surface area (Å²) in [6.07, 6.45) is 0. The fourth-order valence-electron chi connectivity index (χ4n) is 3.52. The highest BCUT2D eigenvalue weighted by Crippen LogP contribution is 2.24. The van der Waals surface area contributed by atoms with Crippen LogP contribution >= 0.6 is 0 Å². The van der Waals surface area contributed by atoms with Crippen molar-refractivity contribution >= 4 is 21.7 Å². The van der Waals surface area contributed by atoms with E-state index in [1.54, 1.807) is 24.3 Å². The lowest BCUT2D eigenvalue weighted by Crippen LogP contribution is -2.50. The van der Waals surface area contributed by atoms with Crippen molar-refractivity contribution in [3.8, 4) is 11.3 Å². The lowest BCUT2D eigenvalue weighted by Gasteiger charge is -2.33. The Bertz CT molecular complexity index is 1240. The summed E-state index contributed by atoms with van der Waals surface area (Å²) in [5.41, 5.74) is 1.09. The molecule has 1 aromatic heterocycles. The Kier molecular flexibility index (Phi) is 5.94. The number of carbonyl (C=O) groups is 2. The number of hydrogen-bond acceptors (Lipinski definition) is 5. The Morgan fingerprint density at radius 2 is 1.50 bits per heavy atom. The first-order valence-electron chi connectivity index (χ1n) is 10.0. The van der Waals surface area contributed by atoms with Crippen molar-refractivity contribution in [2.75, 3.05) is 26.2 Å². The van der Waals surface area contributed by atoms with Gasteiger partial charge in [-0.05, 0) is 55.5 Å². The van der Waals surface area contributed by atoms with E-state index in [-0.39, 0.29) is 54.3 Å². The second-order valence-electron chi connectivity index (χ2n) is 7.45. The number of benzene rings is 2. The van der Waals surface area contributed by atoms with Crippen molar-refractivity contribution in [3.05, 3.63) is 77.8 Å². The molecule has 4 rings (SSSR count). The molecule has 32 heavy (non-hydrogen) atoms. The van der Waals surface area contributed by atoms with Crippen molar-refractivity contribution in [3.63, 3.8) is 0 Å². The van der Waals surface area contributed by atoms with Gasteiger partial charge in [0.1, 0.15) is 11.6 Å². The molecule has 0 spiro atoms. The van der Waals surface area contributed by atoms with Crippen molar-refractivity contribution < 1.29 is 26.8 Å². The number of ketones is 1. The molecule has 1 aliphatic heterocycles. The molecule has 0 bridgehead atoms. The average Bonchev–Trinajstić information content (AvgIpc) is 3.29. The first-order valence-corrected chi connectivity index (χ1v) is 11.5. The lowest BCUT2D eigenvalue weighted by molar-refractivity contribution is 0.0667. The van der Waals surface area contributed by atoms with Crippen LogP contribution in [-0.4, -0.2) is 55.5 Å². The molecule has 0 atom stereocenters. The maximum atomic E-state index is 13.1. The normalized spacial score (nSPS) is 15.0. The standard InChI is InChI=1S/C23H21FN2O5S/c1-16(27)17-4-8-20(9-5-17)32(29,30)26-14-12-25(13-15-26)23(28)22-11-10-21(31-22)18-2-6-19(24)7-3-18/h2-11H,12-15H2,1H3. The van der Waals surface area contributed by atoms with Gasteiger partial charge in [-0.3, -0.25) is 9.59 Å². The Morgan fingerprint density at radius 1 is 0.875 bits per heavy atom. The number of carbonyl (C=O) groups excluding carboxylic acids is 2. The summed E-state index contributed by atoms with van der Waals surface area (Å²) < 4.78 is 45.9. The Hall–Kier alpha value is -3.30. The average molecular weight is 456 g/mol. The highest BCUT2D eigenvalue weighted by atomic mass is 32.2. The number of furan rings is 1. The predicted molar refractivity (Wildman–Crippen MR) is 115 cm³/mol. The first-order chi connectivity index (χ1) is 15.3. The fourth-order valence-corrected chi connectivity index (χ4v) is 4.94. The van der Waals surface area contributed by atoms with Crippen molar-refractivity contribution in [2.45, 2.75) is 11.8 Å². The second-order valence-corrected chi connectivity index (χ2v) is 9.39. The van der Waals surface area contributed by atoms with Crippen molar-refractivity contribution in [1.29, 1.82) is 0 Å². The van der Waals surface area contributed by atoms with Crippen molar-refractivity contribution in [1.82, 2.24) is 9.21 Å². The van der Waals surface area contributed by atoms with Crippen LogP contribution in [0.3, 0.4) is 0 Å². The number of piperazine rings is 1. The zero-order valence-electron chi connectivity index (χ0n) is 17.3. The predicted octanol–water partition coefficient (Wildman–Crippen LogP) is 3.44. The second kappa shape index (κ2) is 8.68. The largest absolute Gasteiger partial charge is 0.451 e. The summed E-state index contributed by atoms with van der Waals surface area (Å²) in [5, 5.41) is 0. The van der Waals surface area contributed by atoms with Gasteiger partial charge >= 0.3 is 0 Å². The van der Waals surface area contributed by atoms with Crippen LogP contribution in [0.2, 0.25) is 0 Å². The van der Waals surface area contributed by atoms with E-state index < -0.39 is 10.0 Å². The molecule has 0 saturated carbocycles. The SMILES string of the molecule is CC(=O)c1ccc(S(=O)(=O)N2CCN(C(=O)c3ccc(-c4ccc(F)cc4)o3)CC2)cc1. The van der Waals surface area contributed by atoms with E-state index in [4.69, 9.17) is 4.42 Å². The van der Waals surface area contributed by atoms with Crippen LogP contribution in [0, 0.1) is 5.82 Å². The minimum absolute atomic E-state index is 0.109. The summed E-state index contributed by atoms with van der Waals surface area (Å²) in [6.45, 7) is 2.15. The molecule has 0 aliphatic carbocycles. The van der Waals surface area contributed by atoms with Crippen LogP contribution in [0.15, 0.2) is 70.0 Å². The third-order valence-corrected chi connectivity index (χ3v) is 7.28. The quantitative estimate of drug-likeness (QED) is 0.549. The molecule has 166 valence electrons. The van der Waals surface area contributed by atoms with E-state index >= 15 is 0 Å². The molecule has 0 radical (unpaired) electrons. The molecular formula is C23H21FN2O5S. The van der Waals surface area contributed by atoms with Gasteiger partial charge in [0.25, 0.3) is 5.91 Å². The van der Waals surface area contributed by atoms with E-state index in [1.165, 1.54) is 52.5 Å². The number of rotatable bonds is 5. The van der Waals surface area contributed by atoms with Crippen LogP contribution < -0.4 is 0 Å². The lowest BCUT2D eigenvalue weighted by atomic mass is 10.2. The third-order valence-electron chi connectivity index (χ3n) is 5.37. The number of nitrogens with zero attached hydrogens (tertiary/aromatic N) is 2. The van der Waals surface area contributed by atoms with Gasteiger partial charge in [-0.15, -0.1) is 0 Å². The molecule has 1 fully saturated rings. The van der Waals surface area contributed by atoms with Gasteiger partial charge in [-0.25, -0.2) is 12.8 Å². The number of Topliss-reactive ketones (excluding diaryl/α,β-unsaturated/α-hetero) is 1. The molecule has 2 heterocycles. The molecular weight excluding hydrogens is 435 g/mol. The van der Waals surface area contributed by atoms with Crippen molar-refractivity contribution in [2.24, 2.45) is 0 Å². The Labute approximate surface area is 185 Å². The van der Waals surface area contributed by atoms with Crippen LogP contribution in [0.1, 0.15) is 27.8 Å². The van der Waals surface area contributed by atoms with Crippen LogP contribution in [0.25, 0.3) is 11.3 Å². The van der Waals surface area contributed by atoms with E-state index in [9.17, 15) is 22.4 Å². The van der Waals surface area contributed by atoms with Crippen LogP contribution in [0.5, 0.6) is 0 Å². The number of sulfonamides is 1. The van der Waals surface area contributed by atoms with Crippen LogP contribution in [0.4, 0.5) is 4.39 Å². The Balaban J connectivity index is 1.41. The number of halogens is 1. The molecule has 9 heteroatoms. The zero-order chi connectivity index (χ0) is 22.9. The monoisotopic (exact) mass is 456 g/mol. The number of hydrogen-bond donors (Lipinski definition) is 0. The first kappa shape index (κ1) is 21.9. The van der Waals surface area contributed by atoms with Gasteiger partial charge in [0.2, 0.25) is 10.0 Å². The van der Waals surface area contributed by atoms with Gasteiger partial charge in [0, 0.05) is 37.3 Å². The van der Waals surface area contributed by atoms with Gasteiger partial charge in [0.05, 0.1) is 4.90 Å². The summed E-state index contributed by atoms with van der Waals surface area (Å²) in [4.78, 5) is 25.8. The third kappa shape index (κ3) is 4.35. The summed E-state index contributed by atoms with van der Waals surface area (Å²) in [7, 11) is -3.72. The van der Waals surface area contributed by atoms with E-state index in [0.717, 1.165) is 0 Å². The maximum Gasteiger partial charge on any atom is 0.289 e. The topological polar surface area (TPSA) is 87.9 Å². The summed E-state index contributed by atoms with van der Waals surface area (Å²) in [6, 6.07) is 14.8. The number of amides is 1. The highest BCUT2D eigenvalue weighted by molar-refractivity contribution is 7.89. The minimum Gasteiger partial charge on any atom is -0.451 e. The summed E-state index contributed by atoms with van der Waals surface area (Å²) in [5.74, 6) is -0.244. The minimum atomic E-state index is -3.72. The molecule has 3 aromatic rings.